The highest BCUT2D eigenvalue weighted by atomic mass is 127. The fourth-order valence-corrected chi connectivity index (χ4v) is 4.78. The molecule has 0 aromatic heterocycles. The van der Waals surface area contributed by atoms with E-state index in [1.165, 1.54) is 5.56 Å². The molecule has 0 spiro atoms. The summed E-state index contributed by atoms with van der Waals surface area (Å²) in [6, 6.07) is 5.84. The van der Waals surface area contributed by atoms with Gasteiger partial charge in [-0.3, -0.25) is 4.79 Å². The van der Waals surface area contributed by atoms with Gasteiger partial charge in [-0.25, -0.2) is 0 Å². The summed E-state index contributed by atoms with van der Waals surface area (Å²) in [5.41, 5.74) is 9.37. The average Bonchev–Trinajstić information content (AvgIpc) is 2.71. The van der Waals surface area contributed by atoms with Crippen LogP contribution in [0.4, 0.5) is 5.69 Å². The van der Waals surface area contributed by atoms with Gasteiger partial charge in [0.1, 0.15) is 0 Å². The number of carbonyl (C=O) groups is 1. The van der Waals surface area contributed by atoms with Crippen molar-refractivity contribution in [3.63, 3.8) is 0 Å². The van der Waals surface area contributed by atoms with Gasteiger partial charge < -0.3 is 14.9 Å². The highest BCUT2D eigenvalue weighted by Gasteiger charge is 2.35. The lowest BCUT2D eigenvalue weighted by Gasteiger charge is -2.35. The number of nitrogens with zero attached hydrogens (tertiary/aromatic N) is 3. The van der Waals surface area contributed by atoms with Crippen molar-refractivity contribution in [1.29, 1.82) is 0 Å². The van der Waals surface area contributed by atoms with E-state index in [1.807, 2.05) is 30.4 Å². The van der Waals surface area contributed by atoms with Gasteiger partial charge in [-0.2, -0.15) is 0 Å². The molecule has 0 amide bonds. The molecular formula is C23H32IN3O4. The first-order valence-corrected chi connectivity index (χ1v) is 12.0. The number of unbranched alkanes of at least 4 members (excludes halogenated alkanes) is 1. The van der Waals surface area contributed by atoms with Crippen LogP contribution in [0.1, 0.15) is 63.9 Å². The van der Waals surface area contributed by atoms with Crippen molar-refractivity contribution in [2.45, 2.75) is 76.4 Å². The Morgan fingerprint density at radius 1 is 1.48 bits per heavy atom. The standard InChI is InChI=1S/C23H32IN3O4/c1-2-31-22(29)16-23(30)13-5-7-18(15-23)9-11-19(28)8-4-3-6-17-10-12-21(26-27-25)20(24)14-17/h9-12,14,18-19,28,30H,2-8,13,15-16H2,1H3/b11-9+/t18-,19?,23-/m0/s1. The summed E-state index contributed by atoms with van der Waals surface area (Å²) in [5.74, 6) is -0.184. The first-order chi connectivity index (χ1) is 14.8. The number of aliphatic hydroxyl groups excluding tert-OH is 1. The Labute approximate surface area is 197 Å². The number of carbonyl (C=O) groups excluding carboxylic acids is 1. The maximum absolute atomic E-state index is 11.7. The molecule has 1 unspecified atom stereocenters. The van der Waals surface area contributed by atoms with Crippen molar-refractivity contribution >= 4 is 34.2 Å². The highest BCUT2D eigenvalue weighted by molar-refractivity contribution is 14.1. The fourth-order valence-electron chi connectivity index (χ4n) is 4.09. The average molecular weight is 541 g/mol. The SMILES string of the molecule is CCOC(=O)C[C@]1(O)CCC[C@@H](/C=C/C(O)CCCCc2ccc(N=[N+]=[N-])c(I)c2)C1. The number of azide groups is 1. The number of aryl methyl sites for hydroxylation is 1. The molecule has 1 aromatic rings. The van der Waals surface area contributed by atoms with Crippen LogP contribution >= 0.6 is 22.6 Å². The van der Waals surface area contributed by atoms with Crippen LogP contribution in [0.5, 0.6) is 0 Å². The summed E-state index contributed by atoms with van der Waals surface area (Å²) >= 11 is 2.17. The molecule has 0 radical (unpaired) electrons. The molecule has 0 bridgehead atoms. The Balaban J connectivity index is 1.73. The third kappa shape index (κ3) is 9.19. The second-order valence-corrected chi connectivity index (χ2v) is 9.40. The van der Waals surface area contributed by atoms with Gasteiger partial charge in [-0.1, -0.05) is 35.8 Å². The third-order valence-corrected chi connectivity index (χ3v) is 6.49. The number of allylic oxidation sites excluding steroid dienone is 1. The molecule has 1 fully saturated rings. The zero-order chi connectivity index (χ0) is 22.7. The second kappa shape index (κ2) is 13.1. The van der Waals surface area contributed by atoms with Crippen molar-refractivity contribution in [3.8, 4) is 0 Å². The number of halogens is 1. The minimum Gasteiger partial charge on any atom is -0.466 e. The maximum atomic E-state index is 11.7. The molecule has 1 aliphatic rings. The van der Waals surface area contributed by atoms with Crippen LogP contribution in [0, 0.1) is 9.49 Å². The number of ether oxygens (including phenoxy) is 1. The summed E-state index contributed by atoms with van der Waals surface area (Å²) in [6.45, 7) is 2.09. The normalized spacial score (nSPS) is 22.1. The van der Waals surface area contributed by atoms with E-state index < -0.39 is 11.7 Å². The van der Waals surface area contributed by atoms with E-state index in [0.29, 0.717) is 31.6 Å². The Bertz CT molecular complexity index is 810. The Morgan fingerprint density at radius 3 is 3.00 bits per heavy atom. The number of rotatable bonds is 11. The van der Waals surface area contributed by atoms with Crippen molar-refractivity contribution < 1.29 is 19.7 Å². The molecular weight excluding hydrogens is 509 g/mol. The Hall–Kier alpha value is -1.61. The van der Waals surface area contributed by atoms with Crippen LogP contribution in [0.3, 0.4) is 0 Å². The van der Waals surface area contributed by atoms with Crippen molar-refractivity contribution in [3.05, 3.63) is 49.9 Å². The molecule has 1 aliphatic carbocycles. The van der Waals surface area contributed by atoms with Crippen molar-refractivity contribution in [2.24, 2.45) is 11.0 Å². The lowest BCUT2D eigenvalue weighted by atomic mass is 9.76. The predicted molar refractivity (Wildman–Crippen MR) is 129 cm³/mol. The fraction of sp³-hybridized carbons (Fsp3) is 0.609. The molecule has 2 rings (SSSR count). The topological polar surface area (TPSA) is 116 Å². The van der Waals surface area contributed by atoms with Gasteiger partial charge in [0.2, 0.25) is 0 Å². The number of hydrogen-bond acceptors (Lipinski definition) is 5. The Kier molecular flexibility index (Phi) is 10.8. The molecule has 0 heterocycles. The van der Waals surface area contributed by atoms with Crippen LogP contribution in [0.25, 0.3) is 10.4 Å². The molecule has 1 saturated carbocycles. The van der Waals surface area contributed by atoms with Gasteiger partial charge in [0.15, 0.2) is 0 Å². The monoisotopic (exact) mass is 541 g/mol. The summed E-state index contributed by atoms with van der Waals surface area (Å²) in [4.78, 5) is 14.6. The van der Waals surface area contributed by atoms with Crippen LogP contribution in [0.15, 0.2) is 35.5 Å². The first kappa shape index (κ1) is 25.6. The van der Waals surface area contributed by atoms with E-state index in [4.69, 9.17) is 10.3 Å². The minimum atomic E-state index is -1.00. The molecule has 3 atom stereocenters. The van der Waals surface area contributed by atoms with Crippen LogP contribution < -0.4 is 0 Å². The van der Waals surface area contributed by atoms with Gasteiger partial charge in [0.25, 0.3) is 0 Å². The smallest absolute Gasteiger partial charge is 0.308 e. The van der Waals surface area contributed by atoms with E-state index in [1.54, 1.807) is 6.92 Å². The largest absolute Gasteiger partial charge is 0.466 e. The van der Waals surface area contributed by atoms with E-state index in [2.05, 4.69) is 32.6 Å². The lowest BCUT2D eigenvalue weighted by molar-refractivity contribution is -0.150. The number of aliphatic hydroxyl groups is 2. The zero-order valence-corrected chi connectivity index (χ0v) is 20.2. The van der Waals surface area contributed by atoms with Crippen molar-refractivity contribution in [2.75, 3.05) is 6.61 Å². The molecule has 0 saturated heterocycles. The summed E-state index contributed by atoms with van der Waals surface area (Å²) in [5, 5.41) is 24.7. The Morgan fingerprint density at radius 2 is 2.29 bits per heavy atom. The van der Waals surface area contributed by atoms with E-state index in [9.17, 15) is 15.0 Å². The summed E-state index contributed by atoms with van der Waals surface area (Å²) < 4.78 is 5.91. The molecule has 2 N–H and O–H groups in total. The van der Waals surface area contributed by atoms with Gasteiger partial charge in [-0.15, -0.1) is 0 Å². The number of benzene rings is 1. The van der Waals surface area contributed by atoms with Crippen LogP contribution in [-0.2, 0) is 16.0 Å². The molecule has 0 aliphatic heterocycles. The minimum absolute atomic E-state index is 0.0382. The van der Waals surface area contributed by atoms with Gasteiger partial charge in [0.05, 0.1) is 30.4 Å². The maximum Gasteiger partial charge on any atom is 0.308 e. The van der Waals surface area contributed by atoms with E-state index >= 15 is 0 Å². The van der Waals surface area contributed by atoms with Gasteiger partial charge in [-0.05, 0) is 97.5 Å². The predicted octanol–water partition coefficient (Wildman–Crippen LogP) is 5.74. The van der Waals surface area contributed by atoms with Gasteiger partial charge in [0, 0.05) is 8.48 Å². The molecule has 1 aromatic carbocycles. The molecule has 7 nitrogen and oxygen atoms in total. The highest BCUT2D eigenvalue weighted by Crippen LogP contribution is 2.36. The summed E-state index contributed by atoms with van der Waals surface area (Å²) in [6.07, 6.45) is 9.77. The molecule has 8 heteroatoms. The summed E-state index contributed by atoms with van der Waals surface area (Å²) in [7, 11) is 0. The van der Waals surface area contributed by atoms with Crippen molar-refractivity contribution in [1.82, 2.24) is 0 Å². The first-order valence-electron chi connectivity index (χ1n) is 10.9. The van der Waals surface area contributed by atoms with Crippen LogP contribution in [0.2, 0.25) is 0 Å². The second-order valence-electron chi connectivity index (χ2n) is 8.24. The van der Waals surface area contributed by atoms with Crippen LogP contribution in [-0.4, -0.2) is 34.5 Å². The lowest BCUT2D eigenvalue weighted by Crippen LogP contribution is -2.37. The van der Waals surface area contributed by atoms with E-state index in [0.717, 1.165) is 35.7 Å². The number of hydrogen-bond donors (Lipinski definition) is 2. The third-order valence-electron chi connectivity index (χ3n) is 5.62. The quantitative estimate of drug-likeness (QED) is 0.0707. The van der Waals surface area contributed by atoms with Gasteiger partial charge >= 0.3 is 5.97 Å². The zero-order valence-electron chi connectivity index (χ0n) is 18.0. The van der Waals surface area contributed by atoms with E-state index in [-0.39, 0.29) is 18.3 Å². The number of esters is 1. The molecule has 170 valence electrons. The molecule has 31 heavy (non-hydrogen) atoms.